The minimum absolute atomic E-state index is 0.140. The number of carbonyl (C=O) groups excluding carboxylic acids is 2. The number of hydrogen-bond acceptors (Lipinski definition) is 7. The third kappa shape index (κ3) is 4.20. The molecule has 0 bridgehead atoms. The van der Waals surface area contributed by atoms with Gasteiger partial charge >= 0.3 is 11.6 Å². The van der Waals surface area contributed by atoms with Crippen LogP contribution in [-0.2, 0) is 9.53 Å². The molecule has 0 amide bonds. The number of benzene rings is 2. The SMILES string of the molecule is CCOC(=O)[C@@H](CC(=O)c1ccccc1)c1cc(=O)oc2c(OC)c(OC)ccc12. The van der Waals surface area contributed by atoms with Gasteiger partial charge in [-0.1, -0.05) is 30.3 Å². The molecule has 0 saturated carbocycles. The van der Waals surface area contributed by atoms with E-state index in [-0.39, 0.29) is 30.1 Å². The van der Waals surface area contributed by atoms with Crippen LogP contribution in [-0.4, -0.2) is 32.6 Å². The van der Waals surface area contributed by atoms with Crippen molar-refractivity contribution in [1.29, 1.82) is 0 Å². The van der Waals surface area contributed by atoms with E-state index in [9.17, 15) is 14.4 Å². The third-order valence-corrected chi connectivity index (χ3v) is 4.72. The number of rotatable bonds is 8. The maximum Gasteiger partial charge on any atom is 0.336 e. The Morgan fingerprint density at radius 2 is 1.77 bits per heavy atom. The first kappa shape index (κ1) is 21.1. The first-order valence-corrected chi connectivity index (χ1v) is 9.43. The Balaban J connectivity index is 2.16. The van der Waals surface area contributed by atoms with Crippen molar-refractivity contribution in [2.75, 3.05) is 20.8 Å². The van der Waals surface area contributed by atoms with Crippen LogP contribution < -0.4 is 15.1 Å². The number of ketones is 1. The molecule has 0 radical (unpaired) electrons. The van der Waals surface area contributed by atoms with E-state index in [1.54, 1.807) is 49.4 Å². The smallest absolute Gasteiger partial charge is 0.336 e. The van der Waals surface area contributed by atoms with Gasteiger partial charge in [-0.15, -0.1) is 0 Å². The van der Waals surface area contributed by atoms with Gasteiger partial charge in [0.1, 0.15) is 0 Å². The van der Waals surface area contributed by atoms with Crippen LogP contribution in [0.4, 0.5) is 0 Å². The second-order valence-corrected chi connectivity index (χ2v) is 6.50. The maximum absolute atomic E-state index is 12.8. The summed E-state index contributed by atoms with van der Waals surface area (Å²) < 4.78 is 21.2. The molecular formula is C23H22O7. The van der Waals surface area contributed by atoms with E-state index in [1.807, 2.05) is 0 Å². The van der Waals surface area contributed by atoms with Gasteiger partial charge in [-0.25, -0.2) is 4.79 Å². The molecule has 2 aromatic carbocycles. The third-order valence-electron chi connectivity index (χ3n) is 4.72. The molecule has 3 rings (SSSR count). The van der Waals surface area contributed by atoms with Crippen LogP contribution in [0.2, 0.25) is 0 Å². The standard InChI is InChI=1S/C23H22O7/c1-4-29-23(26)17(12-18(24)14-8-6-5-7-9-14)16-13-20(25)30-21-15(16)10-11-19(27-2)22(21)28-3/h5-11,13,17H,4,12H2,1-3H3/t17-/m0/s1. The van der Waals surface area contributed by atoms with Gasteiger partial charge in [0, 0.05) is 23.4 Å². The highest BCUT2D eigenvalue weighted by Crippen LogP contribution is 2.38. The molecule has 3 aromatic rings. The average Bonchev–Trinajstić information content (AvgIpc) is 2.76. The molecule has 0 fully saturated rings. The van der Waals surface area contributed by atoms with Crippen LogP contribution in [0.25, 0.3) is 11.0 Å². The number of hydrogen-bond donors (Lipinski definition) is 0. The summed E-state index contributed by atoms with van der Waals surface area (Å²) in [4.78, 5) is 37.9. The molecule has 0 aliphatic rings. The van der Waals surface area contributed by atoms with Crippen LogP contribution >= 0.6 is 0 Å². The first-order chi connectivity index (χ1) is 14.5. The van der Waals surface area contributed by atoms with E-state index < -0.39 is 17.5 Å². The largest absolute Gasteiger partial charge is 0.493 e. The highest BCUT2D eigenvalue weighted by Gasteiger charge is 2.29. The van der Waals surface area contributed by atoms with Crippen molar-refractivity contribution >= 4 is 22.7 Å². The van der Waals surface area contributed by atoms with Crippen molar-refractivity contribution < 1.29 is 28.2 Å². The van der Waals surface area contributed by atoms with Gasteiger partial charge in [-0.3, -0.25) is 9.59 Å². The minimum Gasteiger partial charge on any atom is -0.493 e. The van der Waals surface area contributed by atoms with Gasteiger partial charge in [0.2, 0.25) is 5.75 Å². The Morgan fingerprint density at radius 3 is 2.40 bits per heavy atom. The molecule has 0 aliphatic carbocycles. The lowest BCUT2D eigenvalue weighted by molar-refractivity contribution is -0.144. The number of carbonyl (C=O) groups is 2. The fourth-order valence-corrected chi connectivity index (χ4v) is 3.34. The molecule has 1 aromatic heterocycles. The van der Waals surface area contributed by atoms with Gasteiger partial charge in [-0.05, 0) is 24.6 Å². The van der Waals surface area contributed by atoms with Crippen molar-refractivity contribution in [3.8, 4) is 11.5 Å². The predicted octanol–water partition coefficient (Wildman–Crippen LogP) is 3.73. The van der Waals surface area contributed by atoms with Gasteiger partial charge in [0.25, 0.3) is 0 Å². The van der Waals surface area contributed by atoms with Crippen LogP contribution in [0, 0.1) is 0 Å². The van der Waals surface area contributed by atoms with E-state index in [0.29, 0.717) is 22.3 Å². The summed E-state index contributed by atoms with van der Waals surface area (Å²) in [6.45, 7) is 1.82. The van der Waals surface area contributed by atoms with Crippen LogP contribution in [0.15, 0.2) is 57.7 Å². The highest BCUT2D eigenvalue weighted by molar-refractivity contribution is 6.01. The molecule has 0 unspecified atom stereocenters. The van der Waals surface area contributed by atoms with Gasteiger partial charge < -0.3 is 18.6 Å². The van der Waals surface area contributed by atoms with Crippen molar-refractivity contribution in [1.82, 2.24) is 0 Å². The van der Waals surface area contributed by atoms with Crippen molar-refractivity contribution in [2.24, 2.45) is 0 Å². The molecule has 0 spiro atoms. The molecule has 0 saturated heterocycles. The number of Topliss-reactive ketones (excluding diaryl/α,β-unsaturated/α-hetero) is 1. The average molecular weight is 410 g/mol. The summed E-state index contributed by atoms with van der Waals surface area (Å²) in [7, 11) is 2.89. The maximum atomic E-state index is 12.8. The van der Waals surface area contributed by atoms with E-state index in [4.69, 9.17) is 18.6 Å². The van der Waals surface area contributed by atoms with Crippen LogP contribution in [0.5, 0.6) is 11.5 Å². The second kappa shape index (κ2) is 9.26. The number of methoxy groups -OCH3 is 2. The van der Waals surface area contributed by atoms with E-state index in [2.05, 4.69) is 0 Å². The molecule has 156 valence electrons. The number of fused-ring (bicyclic) bond motifs is 1. The number of esters is 1. The summed E-state index contributed by atoms with van der Waals surface area (Å²) in [5, 5.41) is 0.464. The Kier molecular flexibility index (Phi) is 6.51. The van der Waals surface area contributed by atoms with E-state index in [1.165, 1.54) is 20.3 Å². The van der Waals surface area contributed by atoms with Gasteiger partial charge in [0.05, 0.1) is 26.7 Å². The summed E-state index contributed by atoms with van der Waals surface area (Å²) in [6.07, 6.45) is -0.157. The van der Waals surface area contributed by atoms with Gasteiger partial charge in [0.15, 0.2) is 17.1 Å². The highest BCUT2D eigenvalue weighted by atomic mass is 16.5. The molecular weight excluding hydrogens is 388 g/mol. The quantitative estimate of drug-likeness (QED) is 0.317. The molecule has 30 heavy (non-hydrogen) atoms. The Hall–Kier alpha value is -3.61. The Labute approximate surface area is 173 Å². The zero-order chi connectivity index (χ0) is 21.7. The van der Waals surface area contributed by atoms with E-state index >= 15 is 0 Å². The van der Waals surface area contributed by atoms with Crippen molar-refractivity contribution in [2.45, 2.75) is 19.3 Å². The zero-order valence-electron chi connectivity index (χ0n) is 17.0. The summed E-state index contributed by atoms with van der Waals surface area (Å²) in [5.41, 5.74) is 0.273. The molecule has 7 nitrogen and oxygen atoms in total. The fraction of sp³-hybridized carbons (Fsp3) is 0.261. The monoisotopic (exact) mass is 410 g/mol. The summed E-state index contributed by atoms with van der Waals surface area (Å²) >= 11 is 0. The second-order valence-electron chi connectivity index (χ2n) is 6.50. The van der Waals surface area contributed by atoms with Crippen molar-refractivity contribution in [3.05, 3.63) is 70.1 Å². The number of ether oxygens (including phenoxy) is 3. The first-order valence-electron chi connectivity index (χ1n) is 9.43. The predicted molar refractivity (Wildman–Crippen MR) is 110 cm³/mol. The minimum atomic E-state index is -0.984. The lowest BCUT2D eigenvalue weighted by Crippen LogP contribution is -2.21. The Morgan fingerprint density at radius 1 is 1.03 bits per heavy atom. The van der Waals surface area contributed by atoms with Crippen LogP contribution in [0.1, 0.15) is 35.2 Å². The zero-order valence-corrected chi connectivity index (χ0v) is 17.0. The lowest BCUT2D eigenvalue weighted by atomic mass is 9.89. The lowest BCUT2D eigenvalue weighted by Gasteiger charge is -2.18. The van der Waals surface area contributed by atoms with Crippen LogP contribution in [0.3, 0.4) is 0 Å². The van der Waals surface area contributed by atoms with Gasteiger partial charge in [-0.2, -0.15) is 0 Å². The normalized spacial score (nSPS) is 11.7. The summed E-state index contributed by atoms with van der Waals surface area (Å²) in [6, 6.07) is 13.2. The molecule has 0 N–H and O–H groups in total. The molecule has 0 aliphatic heterocycles. The fourth-order valence-electron chi connectivity index (χ4n) is 3.34. The van der Waals surface area contributed by atoms with Crippen molar-refractivity contribution in [3.63, 3.8) is 0 Å². The van der Waals surface area contributed by atoms with E-state index in [0.717, 1.165) is 0 Å². The molecule has 1 atom stereocenters. The topological polar surface area (TPSA) is 92.0 Å². The Bertz CT molecular complexity index is 1120. The summed E-state index contributed by atoms with van der Waals surface area (Å²) in [5.74, 6) is -1.22. The molecule has 7 heteroatoms. The molecule has 1 heterocycles.